The van der Waals surface area contributed by atoms with Crippen molar-refractivity contribution in [2.45, 2.75) is 26.8 Å². The number of benzene rings is 1. The van der Waals surface area contributed by atoms with Crippen molar-refractivity contribution >= 4 is 23.5 Å². The van der Waals surface area contributed by atoms with Gasteiger partial charge in [-0.2, -0.15) is 4.98 Å². The van der Waals surface area contributed by atoms with E-state index in [1.165, 1.54) is 4.90 Å². The van der Waals surface area contributed by atoms with E-state index in [0.29, 0.717) is 37.2 Å². The zero-order valence-corrected chi connectivity index (χ0v) is 16.2. The van der Waals surface area contributed by atoms with Crippen LogP contribution in [0.2, 0.25) is 0 Å². The van der Waals surface area contributed by atoms with Crippen LogP contribution in [0.25, 0.3) is 0 Å². The number of hydrogen-bond acceptors (Lipinski definition) is 6. The molecule has 0 aliphatic rings. The fourth-order valence-corrected chi connectivity index (χ4v) is 2.50. The van der Waals surface area contributed by atoms with E-state index in [-0.39, 0.29) is 12.1 Å². The van der Waals surface area contributed by atoms with Crippen molar-refractivity contribution in [3.05, 3.63) is 36.5 Å². The molecule has 1 aromatic heterocycles. The normalized spacial score (nSPS) is 11.6. The van der Waals surface area contributed by atoms with Crippen LogP contribution in [0, 0.1) is 0 Å². The van der Waals surface area contributed by atoms with Crippen LogP contribution in [0.5, 0.6) is 5.75 Å². The maximum atomic E-state index is 12.7. The molecule has 27 heavy (non-hydrogen) atoms. The largest absolute Gasteiger partial charge is 0.494 e. The van der Waals surface area contributed by atoms with E-state index in [1.807, 2.05) is 45.0 Å². The Balaban J connectivity index is 2.32. The molecule has 0 spiro atoms. The molecule has 0 saturated heterocycles. The molecule has 0 bridgehead atoms. The maximum absolute atomic E-state index is 12.7. The third-order valence-electron chi connectivity index (χ3n) is 3.60. The molecule has 1 atom stereocenters. The average molecular weight is 373 g/mol. The van der Waals surface area contributed by atoms with Gasteiger partial charge >= 0.3 is 6.03 Å². The molecule has 0 fully saturated rings. The Morgan fingerprint density at radius 3 is 2.59 bits per heavy atom. The van der Waals surface area contributed by atoms with Gasteiger partial charge in [-0.3, -0.25) is 0 Å². The van der Waals surface area contributed by atoms with Crippen LogP contribution < -0.4 is 20.3 Å². The molecule has 0 radical (unpaired) electrons. The highest BCUT2D eigenvalue weighted by Crippen LogP contribution is 2.26. The smallest absolute Gasteiger partial charge is 0.327 e. The van der Waals surface area contributed by atoms with Gasteiger partial charge in [0, 0.05) is 32.0 Å². The third-order valence-corrected chi connectivity index (χ3v) is 3.60. The molecule has 8 nitrogen and oxygen atoms in total. The highest BCUT2D eigenvalue weighted by atomic mass is 16.5. The maximum Gasteiger partial charge on any atom is 0.327 e. The lowest BCUT2D eigenvalue weighted by molar-refractivity contribution is 0.190. The first kappa shape index (κ1) is 20.4. The van der Waals surface area contributed by atoms with Gasteiger partial charge in [0.1, 0.15) is 11.6 Å². The van der Waals surface area contributed by atoms with Crippen molar-refractivity contribution in [3.63, 3.8) is 0 Å². The summed E-state index contributed by atoms with van der Waals surface area (Å²) in [5.74, 6) is 1.64. The predicted molar refractivity (Wildman–Crippen MR) is 106 cm³/mol. The SMILES string of the molecule is CCNC(=O)N(c1ccc(OCC)cc1)c1ccnc(NC(C)COC)n1. The minimum Gasteiger partial charge on any atom is -0.494 e. The van der Waals surface area contributed by atoms with Gasteiger partial charge in [0.2, 0.25) is 5.95 Å². The number of ether oxygens (including phenoxy) is 2. The highest BCUT2D eigenvalue weighted by Gasteiger charge is 2.20. The zero-order chi connectivity index (χ0) is 19.6. The quantitative estimate of drug-likeness (QED) is 0.702. The number of nitrogens with zero attached hydrogens (tertiary/aromatic N) is 3. The predicted octanol–water partition coefficient (Wildman–Crippen LogP) is 3.19. The standard InChI is InChI=1S/C19H27N5O3/c1-5-20-19(25)24(15-7-9-16(10-8-15)27-6-2)17-11-12-21-18(23-17)22-14(3)13-26-4/h7-12,14H,5-6,13H2,1-4H3,(H,20,25)(H,21,22,23). The number of hydrogen-bond donors (Lipinski definition) is 2. The Morgan fingerprint density at radius 1 is 1.22 bits per heavy atom. The number of urea groups is 1. The summed E-state index contributed by atoms with van der Waals surface area (Å²) in [6.07, 6.45) is 1.62. The number of carbonyl (C=O) groups excluding carboxylic acids is 1. The Labute approximate surface area is 159 Å². The fraction of sp³-hybridized carbons (Fsp3) is 0.421. The summed E-state index contributed by atoms with van der Waals surface area (Å²) in [7, 11) is 1.64. The van der Waals surface area contributed by atoms with Crippen molar-refractivity contribution in [1.82, 2.24) is 15.3 Å². The van der Waals surface area contributed by atoms with Crippen LogP contribution >= 0.6 is 0 Å². The average Bonchev–Trinajstić information content (AvgIpc) is 2.64. The number of nitrogens with one attached hydrogen (secondary N) is 2. The Hall–Kier alpha value is -2.87. The molecule has 8 heteroatoms. The van der Waals surface area contributed by atoms with Crippen molar-refractivity contribution in [3.8, 4) is 5.75 Å². The summed E-state index contributed by atoms with van der Waals surface area (Å²) < 4.78 is 10.6. The molecule has 146 valence electrons. The number of aromatic nitrogens is 2. The first-order chi connectivity index (χ1) is 13.1. The van der Waals surface area contributed by atoms with E-state index < -0.39 is 0 Å². The van der Waals surface area contributed by atoms with Gasteiger partial charge in [-0.15, -0.1) is 0 Å². The zero-order valence-electron chi connectivity index (χ0n) is 16.2. The first-order valence-corrected chi connectivity index (χ1v) is 8.98. The number of anilines is 3. The summed E-state index contributed by atoms with van der Waals surface area (Å²) in [6, 6.07) is 8.76. The summed E-state index contributed by atoms with van der Waals surface area (Å²) in [5.41, 5.74) is 0.680. The van der Waals surface area contributed by atoms with E-state index in [4.69, 9.17) is 9.47 Å². The van der Waals surface area contributed by atoms with Crippen molar-refractivity contribution < 1.29 is 14.3 Å². The molecule has 2 amide bonds. The summed E-state index contributed by atoms with van der Waals surface area (Å²) >= 11 is 0. The second-order valence-electron chi connectivity index (χ2n) is 5.84. The van der Waals surface area contributed by atoms with Gasteiger partial charge in [-0.1, -0.05) is 0 Å². The topological polar surface area (TPSA) is 88.6 Å². The second kappa shape index (κ2) is 10.3. The molecule has 2 aromatic rings. The van der Waals surface area contributed by atoms with Crippen molar-refractivity contribution in [2.24, 2.45) is 0 Å². The first-order valence-electron chi connectivity index (χ1n) is 8.98. The van der Waals surface area contributed by atoms with Crippen LogP contribution in [-0.4, -0.2) is 48.9 Å². The van der Waals surface area contributed by atoms with Crippen molar-refractivity contribution in [1.29, 1.82) is 0 Å². The summed E-state index contributed by atoms with van der Waals surface area (Å²) in [5, 5.41) is 5.98. The lowest BCUT2D eigenvalue weighted by Gasteiger charge is -2.23. The van der Waals surface area contributed by atoms with Crippen LogP contribution in [0.4, 0.5) is 22.2 Å². The molecule has 1 aromatic carbocycles. The van der Waals surface area contributed by atoms with Gasteiger partial charge in [0.15, 0.2) is 0 Å². The fourth-order valence-electron chi connectivity index (χ4n) is 2.50. The number of amides is 2. The summed E-state index contributed by atoms with van der Waals surface area (Å²) in [4.78, 5) is 22.9. The molecular formula is C19H27N5O3. The van der Waals surface area contributed by atoms with Gasteiger partial charge < -0.3 is 20.1 Å². The van der Waals surface area contributed by atoms with E-state index in [0.717, 1.165) is 5.75 Å². The van der Waals surface area contributed by atoms with Crippen LogP contribution in [-0.2, 0) is 4.74 Å². The van der Waals surface area contributed by atoms with E-state index in [2.05, 4.69) is 20.6 Å². The molecule has 0 aliphatic heterocycles. The molecule has 2 N–H and O–H groups in total. The number of carbonyl (C=O) groups is 1. The Morgan fingerprint density at radius 2 is 1.96 bits per heavy atom. The second-order valence-corrected chi connectivity index (χ2v) is 5.84. The van der Waals surface area contributed by atoms with E-state index >= 15 is 0 Å². The Bertz CT molecular complexity index is 724. The highest BCUT2D eigenvalue weighted by molar-refractivity contribution is 5.98. The van der Waals surface area contributed by atoms with Crippen LogP contribution in [0.3, 0.4) is 0 Å². The van der Waals surface area contributed by atoms with Gasteiger partial charge in [0.25, 0.3) is 0 Å². The minimum absolute atomic E-state index is 0.0358. The molecular weight excluding hydrogens is 346 g/mol. The minimum atomic E-state index is -0.267. The van der Waals surface area contributed by atoms with Gasteiger partial charge in [-0.25, -0.2) is 14.7 Å². The monoisotopic (exact) mass is 373 g/mol. The van der Waals surface area contributed by atoms with Crippen LogP contribution in [0.15, 0.2) is 36.5 Å². The summed E-state index contributed by atoms with van der Waals surface area (Å²) in [6.45, 7) is 7.37. The lowest BCUT2D eigenvalue weighted by Crippen LogP contribution is -2.37. The van der Waals surface area contributed by atoms with Gasteiger partial charge in [0.05, 0.1) is 18.9 Å². The van der Waals surface area contributed by atoms with E-state index in [9.17, 15) is 4.79 Å². The molecule has 0 aliphatic carbocycles. The number of methoxy groups -OCH3 is 1. The van der Waals surface area contributed by atoms with Crippen LogP contribution in [0.1, 0.15) is 20.8 Å². The Kier molecular flexibility index (Phi) is 7.81. The molecule has 1 unspecified atom stereocenters. The van der Waals surface area contributed by atoms with Crippen molar-refractivity contribution in [2.75, 3.05) is 37.1 Å². The third kappa shape index (κ3) is 5.82. The molecule has 2 rings (SSSR count). The molecule has 1 heterocycles. The van der Waals surface area contributed by atoms with Gasteiger partial charge in [-0.05, 0) is 45.0 Å². The lowest BCUT2D eigenvalue weighted by atomic mass is 10.2. The van der Waals surface area contributed by atoms with E-state index in [1.54, 1.807) is 19.4 Å². The molecule has 0 saturated carbocycles. The number of rotatable bonds is 9.